The first-order valence-corrected chi connectivity index (χ1v) is 4.22. The molecule has 0 spiro atoms. The fourth-order valence-electron chi connectivity index (χ4n) is 1.02. The van der Waals surface area contributed by atoms with Crippen LogP contribution < -0.4 is 10.4 Å². The van der Waals surface area contributed by atoms with Crippen molar-refractivity contribution >= 4 is 0 Å². The Morgan fingerprint density at radius 2 is 1.93 bits per heavy atom. The van der Waals surface area contributed by atoms with Gasteiger partial charge in [0, 0.05) is 0 Å². The van der Waals surface area contributed by atoms with E-state index >= 15 is 0 Å². The van der Waals surface area contributed by atoms with Crippen molar-refractivity contribution in [3.8, 4) is 11.5 Å². The molecular formula is C10H7FN2O2. The molecule has 0 fully saturated rings. The lowest BCUT2D eigenvalue weighted by Gasteiger charge is -2.03. The van der Waals surface area contributed by atoms with E-state index in [0.717, 1.165) is 0 Å². The highest BCUT2D eigenvalue weighted by atomic mass is 19.1. The quantitative estimate of drug-likeness (QED) is 0.813. The van der Waals surface area contributed by atoms with Gasteiger partial charge in [0.1, 0.15) is 11.6 Å². The number of ether oxygens (including phenoxy) is 1. The average Bonchev–Trinajstić information content (AvgIpc) is 2.25. The standard InChI is InChI=1S/C10H7FN2O2/c11-7-1-3-8(4-2-7)15-9-5-12-10(14)13-6-9/h1-6H,(H,12,13,14). The summed E-state index contributed by atoms with van der Waals surface area (Å²) in [6.07, 6.45) is 2.68. The fourth-order valence-corrected chi connectivity index (χ4v) is 1.02. The minimum atomic E-state index is -0.443. The highest BCUT2D eigenvalue weighted by molar-refractivity contribution is 5.27. The first-order valence-electron chi connectivity index (χ1n) is 4.22. The van der Waals surface area contributed by atoms with Crippen LogP contribution in [0.25, 0.3) is 0 Å². The second-order valence-corrected chi connectivity index (χ2v) is 2.81. The van der Waals surface area contributed by atoms with Gasteiger partial charge in [0.05, 0.1) is 12.4 Å². The maximum Gasteiger partial charge on any atom is 0.345 e. The number of H-pyrrole nitrogens is 1. The molecule has 0 saturated heterocycles. The first kappa shape index (κ1) is 9.39. The van der Waals surface area contributed by atoms with Gasteiger partial charge in [0.25, 0.3) is 0 Å². The lowest BCUT2D eigenvalue weighted by molar-refractivity contribution is 0.474. The van der Waals surface area contributed by atoms with Crippen LogP contribution in [0.4, 0.5) is 4.39 Å². The molecule has 2 aromatic rings. The number of halogens is 1. The van der Waals surface area contributed by atoms with E-state index in [1.807, 2.05) is 0 Å². The number of aromatic nitrogens is 2. The third-order valence-corrected chi connectivity index (χ3v) is 1.70. The molecule has 0 atom stereocenters. The summed E-state index contributed by atoms with van der Waals surface area (Å²) in [6, 6.07) is 5.55. The van der Waals surface area contributed by atoms with Crippen LogP contribution in [-0.4, -0.2) is 9.97 Å². The van der Waals surface area contributed by atoms with E-state index < -0.39 is 5.69 Å². The Labute approximate surface area is 84.4 Å². The van der Waals surface area contributed by atoms with Crippen molar-refractivity contribution in [2.45, 2.75) is 0 Å². The van der Waals surface area contributed by atoms with E-state index in [1.165, 1.54) is 36.7 Å². The van der Waals surface area contributed by atoms with Crippen LogP contribution in [0.15, 0.2) is 41.5 Å². The molecule has 0 aliphatic carbocycles. The van der Waals surface area contributed by atoms with Crippen molar-refractivity contribution in [1.82, 2.24) is 9.97 Å². The Bertz CT molecular complexity index is 487. The van der Waals surface area contributed by atoms with Crippen LogP contribution >= 0.6 is 0 Å². The molecule has 5 heteroatoms. The predicted octanol–water partition coefficient (Wildman–Crippen LogP) is 1.70. The van der Waals surface area contributed by atoms with Crippen molar-refractivity contribution in [2.24, 2.45) is 0 Å². The molecule has 1 N–H and O–H groups in total. The van der Waals surface area contributed by atoms with Gasteiger partial charge < -0.3 is 9.72 Å². The van der Waals surface area contributed by atoms with Crippen LogP contribution in [0.3, 0.4) is 0 Å². The number of benzene rings is 1. The molecule has 0 radical (unpaired) electrons. The maximum atomic E-state index is 12.6. The SMILES string of the molecule is O=c1ncc(Oc2ccc(F)cc2)c[nH]1. The van der Waals surface area contributed by atoms with Gasteiger partial charge in [0.15, 0.2) is 5.75 Å². The zero-order chi connectivity index (χ0) is 10.7. The molecule has 0 aliphatic heterocycles. The van der Waals surface area contributed by atoms with Gasteiger partial charge in [-0.3, -0.25) is 0 Å². The van der Waals surface area contributed by atoms with E-state index in [-0.39, 0.29) is 5.82 Å². The highest BCUT2D eigenvalue weighted by Gasteiger charge is 1.97. The molecule has 4 nitrogen and oxygen atoms in total. The molecule has 0 saturated carbocycles. The van der Waals surface area contributed by atoms with Crippen LogP contribution in [0.5, 0.6) is 11.5 Å². The monoisotopic (exact) mass is 206 g/mol. The second kappa shape index (κ2) is 3.91. The van der Waals surface area contributed by atoms with Crippen molar-refractivity contribution in [2.75, 3.05) is 0 Å². The van der Waals surface area contributed by atoms with Crippen molar-refractivity contribution < 1.29 is 9.13 Å². The summed E-state index contributed by atoms with van der Waals surface area (Å²) in [4.78, 5) is 16.5. The molecular weight excluding hydrogens is 199 g/mol. The normalized spacial score (nSPS) is 9.93. The van der Waals surface area contributed by atoms with Crippen molar-refractivity contribution in [3.05, 3.63) is 53.0 Å². The van der Waals surface area contributed by atoms with Gasteiger partial charge in [-0.1, -0.05) is 0 Å². The second-order valence-electron chi connectivity index (χ2n) is 2.81. The lowest BCUT2D eigenvalue weighted by atomic mass is 10.3. The Balaban J connectivity index is 2.18. The van der Waals surface area contributed by atoms with Crippen LogP contribution in [0.1, 0.15) is 0 Å². The summed E-state index contributed by atoms with van der Waals surface area (Å²) in [6.45, 7) is 0. The summed E-state index contributed by atoms with van der Waals surface area (Å²) < 4.78 is 17.9. The number of aromatic amines is 1. The van der Waals surface area contributed by atoms with E-state index in [0.29, 0.717) is 11.5 Å². The van der Waals surface area contributed by atoms with Gasteiger partial charge in [-0.05, 0) is 24.3 Å². The van der Waals surface area contributed by atoms with E-state index in [9.17, 15) is 9.18 Å². The molecule has 1 aromatic heterocycles. The third kappa shape index (κ3) is 2.40. The minimum Gasteiger partial charge on any atom is -0.454 e. The number of nitrogens with zero attached hydrogens (tertiary/aromatic N) is 1. The van der Waals surface area contributed by atoms with E-state index in [1.54, 1.807) is 0 Å². The van der Waals surface area contributed by atoms with E-state index in [2.05, 4.69) is 9.97 Å². The van der Waals surface area contributed by atoms with E-state index in [4.69, 9.17) is 4.74 Å². The highest BCUT2D eigenvalue weighted by Crippen LogP contribution is 2.18. The van der Waals surface area contributed by atoms with Gasteiger partial charge in [-0.15, -0.1) is 0 Å². The molecule has 0 unspecified atom stereocenters. The van der Waals surface area contributed by atoms with Gasteiger partial charge in [0.2, 0.25) is 0 Å². The molecule has 0 amide bonds. The average molecular weight is 206 g/mol. The fraction of sp³-hybridized carbons (Fsp3) is 0. The number of rotatable bonds is 2. The smallest absolute Gasteiger partial charge is 0.345 e. The Morgan fingerprint density at radius 1 is 1.20 bits per heavy atom. The number of hydrogen-bond acceptors (Lipinski definition) is 3. The Hall–Kier alpha value is -2.17. The lowest BCUT2D eigenvalue weighted by Crippen LogP contribution is -2.07. The molecule has 0 bridgehead atoms. The van der Waals surface area contributed by atoms with Gasteiger partial charge in [-0.25, -0.2) is 9.18 Å². The van der Waals surface area contributed by atoms with Crippen LogP contribution in [0.2, 0.25) is 0 Å². The van der Waals surface area contributed by atoms with Gasteiger partial charge >= 0.3 is 5.69 Å². The first-order chi connectivity index (χ1) is 7.24. The largest absolute Gasteiger partial charge is 0.454 e. The minimum absolute atomic E-state index is 0.332. The molecule has 15 heavy (non-hydrogen) atoms. The molecule has 1 heterocycles. The summed E-state index contributed by atoms with van der Waals surface area (Å²) in [7, 11) is 0. The summed E-state index contributed by atoms with van der Waals surface area (Å²) >= 11 is 0. The Kier molecular flexibility index (Phi) is 2.45. The molecule has 2 rings (SSSR count). The zero-order valence-corrected chi connectivity index (χ0v) is 7.61. The topological polar surface area (TPSA) is 55.0 Å². The number of nitrogens with one attached hydrogen (secondary N) is 1. The summed E-state index contributed by atoms with van der Waals surface area (Å²) in [5.74, 6) is 0.536. The summed E-state index contributed by atoms with van der Waals surface area (Å²) in [5.41, 5.74) is -0.443. The number of hydrogen-bond donors (Lipinski definition) is 1. The Morgan fingerprint density at radius 3 is 2.53 bits per heavy atom. The molecule has 0 aliphatic rings. The molecule has 1 aromatic carbocycles. The van der Waals surface area contributed by atoms with Crippen molar-refractivity contribution in [3.63, 3.8) is 0 Å². The van der Waals surface area contributed by atoms with Crippen molar-refractivity contribution in [1.29, 1.82) is 0 Å². The predicted molar refractivity (Wildman–Crippen MR) is 51.3 cm³/mol. The third-order valence-electron chi connectivity index (χ3n) is 1.70. The van der Waals surface area contributed by atoms with Crippen LogP contribution in [-0.2, 0) is 0 Å². The molecule has 76 valence electrons. The maximum absolute atomic E-state index is 12.6. The van der Waals surface area contributed by atoms with Gasteiger partial charge in [-0.2, -0.15) is 4.98 Å². The summed E-state index contributed by atoms with van der Waals surface area (Å²) in [5, 5.41) is 0. The zero-order valence-electron chi connectivity index (χ0n) is 7.61. The van der Waals surface area contributed by atoms with Crippen LogP contribution in [0, 0.1) is 5.82 Å².